The van der Waals surface area contributed by atoms with Crippen LogP contribution in [0.4, 0.5) is 4.39 Å². The Labute approximate surface area is 155 Å². The second kappa shape index (κ2) is 7.86. The molecule has 6 heteroatoms. The van der Waals surface area contributed by atoms with E-state index in [1.54, 1.807) is 7.11 Å². The second-order valence-corrected chi connectivity index (χ2v) is 6.07. The van der Waals surface area contributed by atoms with Gasteiger partial charge in [-0.1, -0.05) is 30.3 Å². The maximum atomic E-state index is 13.6. The summed E-state index contributed by atoms with van der Waals surface area (Å²) in [5, 5.41) is 4.79. The van der Waals surface area contributed by atoms with Crippen molar-refractivity contribution in [1.82, 2.24) is 5.32 Å². The van der Waals surface area contributed by atoms with E-state index in [1.807, 2.05) is 36.4 Å². The van der Waals surface area contributed by atoms with Crippen LogP contribution in [0.15, 0.2) is 54.6 Å². The highest BCUT2D eigenvalue weighted by Gasteiger charge is 2.12. The first-order chi connectivity index (χ1) is 13.0. The summed E-state index contributed by atoms with van der Waals surface area (Å²) >= 11 is 0. The van der Waals surface area contributed by atoms with Gasteiger partial charge < -0.3 is 15.8 Å². The second-order valence-electron chi connectivity index (χ2n) is 6.07. The van der Waals surface area contributed by atoms with Gasteiger partial charge in [-0.05, 0) is 41.6 Å². The van der Waals surface area contributed by atoms with Gasteiger partial charge in [0.2, 0.25) is 5.91 Å². The number of carbonyl (C=O) groups excluding carboxylic acids is 2. The Morgan fingerprint density at radius 2 is 1.74 bits per heavy atom. The minimum Gasteiger partial charge on any atom is -0.496 e. The van der Waals surface area contributed by atoms with Crippen LogP contribution in [0.25, 0.3) is 10.8 Å². The van der Waals surface area contributed by atoms with Gasteiger partial charge in [0, 0.05) is 23.1 Å². The van der Waals surface area contributed by atoms with E-state index in [9.17, 15) is 14.0 Å². The summed E-state index contributed by atoms with van der Waals surface area (Å²) in [6, 6.07) is 15.1. The molecule has 3 aromatic carbocycles. The lowest BCUT2D eigenvalue weighted by molar-refractivity contribution is 0.0953. The number of fused-ring (bicyclic) bond motifs is 1. The number of hydrogen-bond donors (Lipinski definition) is 2. The van der Waals surface area contributed by atoms with Gasteiger partial charge in [-0.25, -0.2) is 4.39 Å². The lowest BCUT2D eigenvalue weighted by Crippen LogP contribution is -2.26. The van der Waals surface area contributed by atoms with Gasteiger partial charge in [0.05, 0.1) is 7.11 Å². The molecular weight excluding hydrogens is 347 g/mol. The van der Waals surface area contributed by atoms with E-state index < -0.39 is 17.6 Å². The third kappa shape index (κ3) is 4.06. The Balaban J connectivity index is 1.73. The molecule has 3 aromatic rings. The maximum Gasteiger partial charge on any atom is 0.251 e. The largest absolute Gasteiger partial charge is 0.496 e. The number of methoxy groups -OCH3 is 1. The molecule has 3 rings (SSSR count). The van der Waals surface area contributed by atoms with E-state index >= 15 is 0 Å². The van der Waals surface area contributed by atoms with E-state index in [2.05, 4.69) is 5.32 Å². The van der Waals surface area contributed by atoms with Crippen LogP contribution in [0.1, 0.15) is 26.3 Å². The van der Waals surface area contributed by atoms with Crippen molar-refractivity contribution in [3.05, 3.63) is 77.1 Å². The molecule has 0 aromatic heterocycles. The lowest BCUT2D eigenvalue weighted by Gasteiger charge is -2.11. The molecule has 0 heterocycles. The smallest absolute Gasteiger partial charge is 0.251 e. The predicted octanol–water partition coefficient (Wildman–Crippen LogP) is 3.06. The minimum absolute atomic E-state index is 0.0405. The molecule has 3 N–H and O–H groups in total. The van der Waals surface area contributed by atoms with Crippen molar-refractivity contribution >= 4 is 22.6 Å². The number of nitrogens with two attached hydrogens (primary N) is 1. The Bertz CT molecular complexity index is 1020. The van der Waals surface area contributed by atoms with Crippen molar-refractivity contribution in [2.75, 3.05) is 13.7 Å². The van der Waals surface area contributed by atoms with Gasteiger partial charge in [0.25, 0.3) is 5.91 Å². The van der Waals surface area contributed by atoms with E-state index in [1.165, 1.54) is 6.07 Å². The first kappa shape index (κ1) is 18.4. The van der Waals surface area contributed by atoms with Gasteiger partial charge in [0.1, 0.15) is 11.6 Å². The van der Waals surface area contributed by atoms with Crippen LogP contribution in [0.5, 0.6) is 5.75 Å². The minimum atomic E-state index is -0.784. The fourth-order valence-electron chi connectivity index (χ4n) is 3.01. The van der Waals surface area contributed by atoms with Crippen molar-refractivity contribution in [3.8, 4) is 5.75 Å². The number of halogens is 1. The summed E-state index contributed by atoms with van der Waals surface area (Å²) in [7, 11) is 1.63. The molecule has 138 valence electrons. The summed E-state index contributed by atoms with van der Waals surface area (Å²) in [4.78, 5) is 23.5. The molecule has 0 aliphatic carbocycles. The van der Waals surface area contributed by atoms with E-state index in [0.29, 0.717) is 13.0 Å². The third-order valence-corrected chi connectivity index (χ3v) is 4.32. The van der Waals surface area contributed by atoms with Crippen molar-refractivity contribution in [2.45, 2.75) is 6.42 Å². The van der Waals surface area contributed by atoms with Crippen LogP contribution in [0.2, 0.25) is 0 Å². The number of hydrogen-bond acceptors (Lipinski definition) is 3. The molecule has 0 aliphatic heterocycles. The van der Waals surface area contributed by atoms with Gasteiger partial charge in [-0.3, -0.25) is 9.59 Å². The van der Waals surface area contributed by atoms with Gasteiger partial charge in [-0.15, -0.1) is 0 Å². The fourth-order valence-corrected chi connectivity index (χ4v) is 3.01. The number of benzene rings is 3. The molecule has 0 spiro atoms. The van der Waals surface area contributed by atoms with E-state index in [-0.39, 0.29) is 11.1 Å². The highest BCUT2D eigenvalue weighted by atomic mass is 19.1. The van der Waals surface area contributed by atoms with Crippen molar-refractivity contribution in [2.24, 2.45) is 5.73 Å². The van der Waals surface area contributed by atoms with Crippen molar-refractivity contribution < 1.29 is 18.7 Å². The molecule has 0 saturated carbocycles. The highest BCUT2D eigenvalue weighted by Crippen LogP contribution is 2.28. The Morgan fingerprint density at radius 3 is 2.44 bits per heavy atom. The molecular formula is C21H19FN2O3. The number of ether oxygens (including phenoxy) is 1. The number of nitrogens with one attached hydrogen (secondary N) is 1. The van der Waals surface area contributed by atoms with E-state index in [0.717, 1.165) is 34.2 Å². The summed E-state index contributed by atoms with van der Waals surface area (Å²) in [6.45, 7) is 0.359. The van der Waals surface area contributed by atoms with Crippen LogP contribution in [0.3, 0.4) is 0 Å². The molecule has 0 unspecified atom stereocenters. The third-order valence-electron chi connectivity index (χ3n) is 4.32. The molecule has 0 radical (unpaired) electrons. The molecule has 5 nitrogen and oxygen atoms in total. The SMILES string of the molecule is COc1ccc(CCNC(=O)c2cc(F)cc(C(N)=O)c2)c2ccccc12. The normalized spacial score (nSPS) is 10.6. The Kier molecular flexibility index (Phi) is 5.35. The van der Waals surface area contributed by atoms with E-state index in [4.69, 9.17) is 10.5 Å². The molecule has 0 atom stereocenters. The summed E-state index contributed by atoms with van der Waals surface area (Å²) in [5.74, 6) is -1.14. The zero-order chi connectivity index (χ0) is 19.4. The zero-order valence-electron chi connectivity index (χ0n) is 14.8. The van der Waals surface area contributed by atoms with Gasteiger partial charge in [0.15, 0.2) is 0 Å². The lowest BCUT2D eigenvalue weighted by atomic mass is 10.0. The predicted molar refractivity (Wildman–Crippen MR) is 101 cm³/mol. The number of primary amides is 1. The van der Waals surface area contributed by atoms with Crippen molar-refractivity contribution in [1.29, 1.82) is 0 Å². The Morgan fingerprint density at radius 1 is 1.04 bits per heavy atom. The molecule has 2 amide bonds. The molecule has 0 bridgehead atoms. The topological polar surface area (TPSA) is 81.4 Å². The number of carbonyl (C=O) groups is 2. The maximum absolute atomic E-state index is 13.6. The van der Waals surface area contributed by atoms with Gasteiger partial charge in [-0.2, -0.15) is 0 Å². The van der Waals surface area contributed by atoms with Crippen LogP contribution in [-0.2, 0) is 6.42 Å². The quantitative estimate of drug-likeness (QED) is 0.703. The standard InChI is InChI=1S/C21H19FN2O3/c1-27-19-7-6-13(17-4-2-3-5-18(17)19)8-9-24-21(26)15-10-14(20(23)25)11-16(22)12-15/h2-7,10-12H,8-9H2,1H3,(H2,23,25)(H,24,26). The zero-order valence-corrected chi connectivity index (χ0v) is 14.8. The highest BCUT2D eigenvalue weighted by molar-refractivity contribution is 5.99. The first-order valence-electron chi connectivity index (χ1n) is 8.43. The summed E-state index contributed by atoms with van der Waals surface area (Å²) in [5.41, 5.74) is 6.23. The van der Waals surface area contributed by atoms with Crippen molar-refractivity contribution in [3.63, 3.8) is 0 Å². The summed E-state index contributed by atoms with van der Waals surface area (Å²) in [6.07, 6.45) is 0.592. The molecule has 27 heavy (non-hydrogen) atoms. The molecule has 0 aliphatic rings. The number of rotatable bonds is 6. The fraction of sp³-hybridized carbons (Fsp3) is 0.143. The number of amides is 2. The van der Waals surface area contributed by atoms with Crippen LogP contribution < -0.4 is 15.8 Å². The monoisotopic (exact) mass is 366 g/mol. The van der Waals surface area contributed by atoms with Crippen LogP contribution in [-0.4, -0.2) is 25.5 Å². The summed E-state index contributed by atoms with van der Waals surface area (Å²) < 4.78 is 19.0. The Hall–Kier alpha value is -3.41. The van der Waals surface area contributed by atoms with Crippen LogP contribution in [0, 0.1) is 5.82 Å². The van der Waals surface area contributed by atoms with Crippen LogP contribution >= 0.6 is 0 Å². The average Bonchev–Trinajstić information content (AvgIpc) is 2.67. The molecule has 0 saturated heterocycles. The first-order valence-corrected chi connectivity index (χ1v) is 8.43. The average molecular weight is 366 g/mol. The van der Waals surface area contributed by atoms with Gasteiger partial charge >= 0.3 is 0 Å². The molecule has 0 fully saturated rings.